The first-order valence-electron chi connectivity index (χ1n) is 2.94. The molecule has 1 aromatic heterocycles. The molecule has 12 heavy (non-hydrogen) atoms. The number of hydrogen-bond acceptors (Lipinski definition) is 4. The minimum Gasteiger partial charge on any atom is -0.476 e. The molecule has 0 fully saturated rings. The molecule has 0 bridgehead atoms. The molecule has 0 aliphatic heterocycles. The number of ketones is 1. The lowest BCUT2D eigenvalue weighted by atomic mass is 10.3. The van der Waals surface area contributed by atoms with Crippen LogP contribution in [0.4, 0.5) is 0 Å². The molecule has 0 aliphatic carbocycles. The summed E-state index contributed by atoms with van der Waals surface area (Å²) in [4.78, 5) is 21.2. The quantitative estimate of drug-likeness (QED) is 0.621. The molecular formula is C6H4BrNO4. The highest BCUT2D eigenvalue weighted by Crippen LogP contribution is 2.05. The van der Waals surface area contributed by atoms with E-state index < -0.39 is 5.97 Å². The van der Waals surface area contributed by atoms with Gasteiger partial charge in [-0.05, 0) is 0 Å². The van der Waals surface area contributed by atoms with Crippen LogP contribution < -0.4 is 0 Å². The molecule has 0 radical (unpaired) electrons. The Labute approximate surface area is 75.5 Å². The Morgan fingerprint density at radius 3 is 2.75 bits per heavy atom. The first-order valence-corrected chi connectivity index (χ1v) is 4.06. The topological polar surface area (TPSA) is 80.4 Å². The Bertz CT molecular complexity index is 319. The second-order valence-electron chi connectivity index (χ2n) is 1.94. The van der Waals surface area contributed by atoms with Crippen LogP contribution in [0.15, 0.2) is 10.6 Å². The van der Waals surface area contributed by atoms with Crippen molar-refractivity contribution in [1.29, 1.82) is 0 Å². The third-order valence-electron chi connectivity index (χ3n) is 1.13. The Hall–Kier alpha value is -1.17. The molecule has 1 heterocycles. The maximum Gasteiger partial charge on any atom is 0.358 e. The fourth-order valence-electron chi connectivity index (χ4n) is 0.573. The zero-order chi connectivity index (χ0) is 9.14. The molecule has 0 atom stereocenters. The summed E-state index contributed by atoms with van der Waals surface area (Å²) in [6.45, 7) is 0. The van der Waals surface area contributed by atoms with Crippen molar-refractivity contribution < 1.29 is 19.2 Å². The van der Waals surface area contributed by atoms with Gasteiger partial charge in [-0.25, -0.2) is 4.79 Å². The van der Waals surface area contributed by atoms with Gasteiger partial charge in [0.05, 0.1) is 5.33 Å². The molecule has 1 N–H and O–H groups in total. The lowest BCUT2D eigenvalue weighted by Gasteiger charge is -1.83. The SMILES string of the molecule is O=C(O)c1cc(C(=O)CBr)on1. The van der Waals surface area contributed by atoms with Gasteiger partial charge in [-0.3, -0.25) is 4.79 Å². The molecule has 5 nitrogen and oxygen atoms in total. The summed E-state index contributed by atoms with van der Waals surface area (Å²) in [5.74, 6) is -1.60. The Balaban J connectivity index is 2.91. The average Bonchev–Trinajstić information content (AvgIpc) is 2.51. The van der Waals surface area contributed by atoms with Gasteiger partial charge in [0.2, 0.25) is 11.5 Å². The number of carboxylic acids is 1. The summed E-state index contributed by atoms with van der Waals surface area (Å²) in [5, 5.41) is 11.7. The number of hydrogen-bond donors (Lipinski definition) is 1. The third-order valence-corrected chi connectivity index (χ3v) is 1.63. The maximum absolute atomic E-state index is 10.9. The summed E-state index contributed by atoms with van der Waals surface area (Å²) < 4.78 is 4.47. The average molecular weight is 234 g/mol. The van der Waals surface area contributed by atoms with Gasteiger partial charge < -0.3 is 9.63 Å². The van der Waals surface area contributed by atoms with Crippen molar-refractivity contribution in [3.8, 4) is 0 Å². The van der Waals surface area contributed by atoms with E-state index in [9.17, 15) is 9.59 Å². The lowest BCUT2D eigenvalue weighted by Crippen LogP contribution is -1.98. The van der Waals surface area contributed by atoms with Crippen LogP contribution in [-0.2, 0) is 0 Å². The van der Waals surface area contributed by atoms with E-state index in [1.807, 2.05) is 0 Å². The Kier molecular flexibility index (Phi) is 2.59. The lowest BCUT2D eigenvalue weighted by molar-refractivity contribution is 0.0684. The van der Waals surface area contributed by atoms with E-state index in [1.165, 1.54) is 0 Å². The van der Waals surface area contributed by atoms with Gasteiger partial charge in [0.1, 0.15) is 0 Å². The van der Waals surface area contributed by atoms with Gasteiger partial charge >= 0.3 is 5.97 Å². The number of aromatic nitrogens is 1. The number of carbonyl (C=O) groups excluding carboxylic acids is 1. The van der Waals surface area contributed by atoms with Crippen LogP contribution in [0.2, 0.25) is 0 Å². The first-order chi connectivity index (χ1) is 5.65. The fraction of sp³-hybridized carbons (Fsp3) is 0.167. The first kappa shape index (κ1) is 8.92. The van der Waals surface area contributed by atoms with Crippen LogP contribution in [0.3, 0.4) is 0 Å². The number of Topliss-reactive ketones (excluding diaryl/α,β-unsaturated/α-hetero) is 1. The number of carboxylic acid groups (broad SMARTS) is 1. The second-order valence-corrected chi connectivity index (χ2v) is 2.50. The molecule has 0 unspecified atom stereocenters. The van der Waals surface area contributed by atoms with Crippen molar-refractivity contribution in [2.75, 3.05) is 5.33 Å². The highest BCUT2D eigenvalue weighted by atomic mass is 79.9. The van der Waals surface area contributed by atoms with Crippen LogP contribution >= 0.6 is 15.9 Å². The van der Waals surface area contributed by atoms with E-state index in [4.69, 9.17) is 5.11 Å². The predicted octanol–water partition coefficient (Wildman–Crippen LogP) is 0.950. The molecule has 1 aromatic rings. The van der Waals surface area contributed by atoms with Crippen molar-refractivity contribution >= 4 is 27.7 Å². The second kappa shape index (κ2) is 3.48. The van der Waals surface area contributed by atoms with E-state index in [1.54, 1.807) is 0 Å². The predicted molar refractivity (Wildman–Crippen MR) is 41.6 cm³/mol. The molecule has 0 spiro atoms. The fourth-order valence-corrected chi connectivity index (χ4v) is 0.850. The molecule has 6 heteroatoms. The van der Waals surface area contributed by atoms with E-state index in [0.717, 1.165) is 6.07 Å². The smallest absolute Gasteiger partial charge is 0.358 e. The van der Waals surface area contributed by atoms with Crippen molar-refractivity contribution in [2.24, 2.45) is 0 Å². The van der Waals surface area contributed by atoms with Gasteiger partial charge in [-0.15, -0.1) is 0 Å². The number of alkyl halides is 1. The van der Waals surface area contributed by atoms with E-state index in [0.29, 0.717) is 0 Å². The van der Waals surface area contributed by atoms with Gasteiger partial charge in [0, 0.05) is 6.07 Å². The molecule has 0 aliphatic rings. The van der Waals surface area contributed by atoms with E-state index in [2.05, 4.69) is 25.6 Å². The van der Waals surface area contributed by atoms with Crippen LogP contribution in [0.25, 0.3) is 0 Å². The molecule has 0 aromatic carbocycles. The van der Waals surface area contributed by atoms with Gasteiger partial charge in [-0.2, -0.15) is 0 Å². The number of halogens is 1. The zero-order valence-corrected chi connectivity index (χ0v) is 7.37. The van der Waals surface area contributed by atoms with Crippen LogP contribution in [0, 0.1) is 0 Å². The highest BCUT2D eigenvalue weighted by Gasteiger charge is 2.15. The van der Waals surface area contributed by atoms with Gasteiger partial charge in [0.15, 0.2) is 5.69 Å². The van der Waals surface area contributed by atoms with Gasteiger partial charge in [-0.1, -0.05) is 21.1 Å². The van der Waals surface area contributed by atoms with Crippen LogP contribution in [0.1, 0.15) is 21.0 Å². The van der Waals surface area contributed by atoms with Crippen LogP contribution in [-0.4, -0.2) is 27.3 Å². The third kappa shape index (κ3) is 1.70. The molecule has 0 saturated heterocycles. The monoisotopic (exact) mass is 233 g/mol. The summed E-state index contributed by atoms with van der Waals surface area (Å²) >= 11 is 2.91. The van der Waals surface area contributed by atoms with Crippen molar-refractivity contribution in [3.63, 3.8) is 0 Å². The highest BCUT2D eigenvalue weighted by molar-refractivity contribution is 9.09. The van der Waals surface area contributed by atoms with E-state index >= 15 is 0 Å². The Morgan fingerprint density at radius 1 is 1.67 bits per heavy atom. The molecule has 0 saturated carbocycles. The molecule has 1 rings (SSSR count). The Morgan fingerprint density at radius 2 is 2.33 bits per heavy atom. The summed E-state index contributed by atoms with van der Waals surface area (Å²) in [5.41, 5.74) is -0.265. The summed E-state index contributed by atoms with van der Waals surface area (Å²) in [7, 11) is 0. The number of nitrogens with zero attached hydrogens (tertiary/aromatic N) is 1. The molecule has 0 amide bonds. The molecule has 64 valence electrons. The largest absolute Gasteiger partial charge is 0.476 e. The van der Waals surface area contributed by atoms with Gasteiger partial charge in [0.25, 0.3) is 0 Å². The standard InChI is InChI=1S/C6H4BrNO4/c7-2-4(9)5-1-3(6(10)11)8-12-5/h1H,2H2,(H,10,11). The number of aromatic carboxylic acids is 1. The minimum absolute atomic E-state index is 0.0516. The maximum atomic E-state index is 10.9. The van der Waals surface area contributed by atoms with Crippen molar-refractivity contribution in [2.45, 2.75) is 0 Å². The zero-order valence-electron chi connectivity index (χ0n) is 5.78. The van der Waals surface area contributed by atoms with E-state index in [-0.39, 0.29) is 22.6 Å². The minimum atomic E-state index is -1.22. The van der Waals surface area contributed by atoms with Crippen molar-refractivity contribution in [1.82, 2.24) is 5.16 Å². The number of carbonyl (C=O) groups is 2. The summed E-state index contributed by atoms with van der Waals surface area (Å²) in [6, 6.07) is 1.09. The van der Waals surface area contributed by atoms with Crippen LogP contribution in [0.5, 0.6) is 0 Å². The van der Waals surface area contributed by atoms with Crippen molar-refractivity contribution in [3.05, 3.63) is 17.5 Å². The molecular weight excluding hydrogens is 230 g/mol. The normalized spacial score (nSPS) is 9.75. The summed E-state index contributed by atoms with van der Waals surface area (Å²) in [6.07, 6.45) is 0. The number of rotatable bonds is 3.